The number of furan rings is 1. The fourth-order valence-electron chi connectivity index (χ4n) is 3.51. The van der Waals surface area contributed by atoms with Crippen LogP contribution in [0, 0.1) is 5.92 Å². The fraction of sp³-hybridized carbons (Fsp3) is 0.316. The highest BCUT2D eigenvalue weighted by Gasteiger charge is 2.28. The first-order chi connectivity index (χ1) is 11.7. The first kappa shape index (κ1) is 17.6. The van der Waals surface area contributed by atoms with Crippen LogP contribution in [0.4, 0.5) is 5.69 Å². The third kappa shape index (κ3) is 3.17. The summed E-state index contributed by atoms with van der Waals surface area (Å²) in [6, 6.07) is 11.7. The van der Waals surface area contributed by atoms with Gasteiger partial charge < -0.3 is 20.2 Å². The zero-order chi connectivity index (χ0) is 16.7. The van der Waals surface area contributed by atoms with Crippen molar-refractivity contribution in [2.75, 3.05) is 12.4 Å². The second-order valence-corrected chi connectivity index (χ2v) is 6.41. The molecule has 1 aromatic heterocycles. The van der Waals surface area contributed by atoms with Crippen LogP contribution in [-0.4, -0.2) is 19.1 Å². The Balaban J connectivity index is 0.00000182. The van der Waals surface area contributed by atoms with E-state index in [9.17, 15) is 4.79 Å². The van der Waals surface area contributed by atoms with Gasteiger partial charge in [-0.25, -0.2) is 0 Å². The molecule has 2 atom stereocenters. The summed E-state index contributed by atoms with van der Waals surface area (Å²) >= 11 is 0. The number of anilines is 1. The van der Waals surface area contributed by atoms with Crippen molar-refractivity contribution >= 4 is 45.9 Å². The number of benzene rings is 2. The number of carbonyl (C=O) groups excluding carboxylic acids is 1. The minimum atomic E-state index is -0.0314. The number of nitrogens with one attached hydrogen (secondary N) is 1. The largest absolute Gasteiger partial charge is 0.495 e. The lowest BCUT2D eigenvalue weighted by atomic mass is 10.1. The zero-order valence-electron chi connectivity index (χ0n) is 14.0. The molecule has 3 N–H and O–H groups in total. The number of hydrogen-bond donors (Lipinski definition) is 2. The second kappa shape index (κ2) is 6.94. The van der Waals surface area contributed by atoms with E-state index in [1.807, 2.05) is 36.4 Å². The molecule has 5 nitrogen and oxygen atoms in total. The molecule has 0 radical (unpaired) electrons. The first-order valence-corrected chi connectivity index (χ1v) is 8.21. The molecule has 132 valence electrons. The van der Waals surface area contributed by atoms with Gasteiger partial charge in [0, 0.05) is 28.8 Å². The number of halogens is 1. The Labute approximate surface area is 151 Å². The summed E-state index contributed by atoms with van der Waals surface area (Å²) in [5.41, 5.74) is 8.10. The van der Waals surface area contributed by atoms with E-state index >= 15 is 0 Å². The van der Waals surface area contributed by atoms with Crippen LogP contribution in [0.1, 0.15) is 19.3 Å². The van der Waals surface area contributed by atoms with Crippen LogP contribution < -0.4 is 15.8 Å². The summed E-state index contributed by atoms with van der Waals surface area (Å²) in [4.78, 5) is 12.5. The van der Waals surface area contributed by atoms with Gasteiger partial charge in [0.15, 0.2) is 0 Å². The van der Waals surface area contributed by atoms with Crippen molar-refractivity contribution in [3.05, 3.63) is 36.4 Å². The average Bonchev–Trinajstić information content (AvgIpc) is 3.17. The quantitative estimate of drug-likeness (QED) is 0.737. The van der Waals surface area contributed by atoms with Crippen molar-refractivity contribution in [3.63, 3.8) is 0 Å². The van der Waals surface area contributed by atoms with Crippen LogP contribution in [0.15, 0.2) is 40.8 Å². The Hall–Kier alpha value is -2.24. The standard InChI is InChI=1S/C19H20N2O3.ClH/c1-23-18-9-14-13-4-2-3-5-16(13)24-17(14)10-15(18)21-19(22)11-6-7-12(20)8-11;/h2-5,9-12H,6-8,20H2,1H3,(H,21,22);1H. The third-order valence-electron chi connectivity index (χ3n) is 4.80. The first-order valence-electron chi connectivity index (χ1n) is 8.21. The number of carbonyl (C=O) groups is 1. The average molecular weight is 361 g/mol. The Bertz CT molecular complexity index is 922. The van der Waals surface area contributed by atoms with E-state index in [2.05, 4.69) is 5.32 Å². The van der Waals surface area contributed by atoms with E-state index in [0.29, 0.717) is 11.4 Å². The summed E-state index contributed by atoms with van der Waals surface area (Å²) in [7, 11) is 1.60. The van der Waals surface area contributed by atoms with Gasteiger partial charge in [0.1, 0.15) is 16.9 Å². The lowest BCUT2D eigenvalue weighted by molar-refractivity contribution is -0.119. The number of nitrogens with two attached hydrogens (primary N) is 1. The summed E-state index contributed by atoms with van der Waals surface area (Å²) < 4.78 is 11.4. The van der Waals surface area contributed by atoms with Crippen molar-refractivity contribution in [1.29, 1.82) is 0 Å². The Morgan fingerprint density at radius 3 is 2.72 bits per heavy atom. The van der Waals surface area contributed by atoms with Crippen LogP contribution >= 0.6 is 12.4 Å². The molecular weight excluding hydrogens is 340 g/mol. The lowest BCUT2D eigenvalue weighted by Gasteiger charge is -2.13. The molecule has 0 bridgehead atoms. The molecule has 2 unspecified atom stereocenters. The maximum atomic E-state index is 12.5. The molecule has 6 heteroatoms. The van der Waals surface area contributed by atoms with Gasteiger partial charge >= 0.3 is 0 Å². The molecule has 1 heterocycles. The van der Waals surface area contributed by atoms with Crippen LogP contribution in [0.25, 0.3) is 21.9 Å². The van der Waals surface area contributed by atoms with E-state index in [-0.39, 0.29) is 30.3 Å². The highest BCUT2D eigenvalue weighted by atomic mass is 35.5. The highest BCUT2D eigenvalue weighted by molar-refractivity contribution is 6.07. The molecule has 1 amide bonds. The van der Waals surface area contributed by atoms with Gasteiger partial charge in [-0.15, -0.1) is 12.4 Å². The van der Waals surface area contributed by atoms with Gasteiger partial charge in [-0.05, 0) is 31.4 Å². The topological polar surface area (TPSA) is 77.5 Å². The highest BCUT2D eigenvalue weighted by Crippen LogP contribution is 2.37. The second-order valence-electron chi connectivity index (χ2n) is 6.41. The van der Waals surface area contributed by atoms with Crippen molar-refractivity contribution in [2.45, 2.75) is 25.3 Å². The Morgan fingerprint density at radius 1 is 1.20 bits per heavy atom. The van der Waals surface area contributed by atoms with Gasteiger partial charge in [-0.3, -0.25) is 4.79 Å². The SMILES string of the molecule is COc1cc2c(cc1NC(=O)C1CCC(N)C1)oc1ccccc12.Cl. The number of fused-ring (bicyclic) bond motifs is 3. The van der Waals surface area contributed by atoms with Gasteiger partial charge in [0.05, 0.1) is 12.8 Å². The molecule has 1 saturated carbocycles. The predicted molar refractivity (Wildman–Crippen MR) is 101 cm³/mol. The summed E-state index contributed by atoms with van der Waals surface area (Å²) in [6.07, 6.45) is 2.47. The molecular formula is C19H21ClN2O3. The van der Waals surface area contributed by atoms with Crippen LogP contribution in [0.3, 0.4) is 0 Å². The lowest BCUT2D eigenvalue weighted by Crippen LogP contribution is -2.23. The van der Waals surface area contributed by atoms with Gasteiger partial charge in [-0.1, -0.05) is 18.2 Å². The van der Waals surface area contributed by atoms with Gasteiger partial charge in [0.2, 0.25) is 5.91 Å². The fourth-order valence-corrected chi connectivity index (χ4v) is 3.51. The zero-order valence-corrected chi connectivity index (χ0v) is 14.8. The molecule has 0 aliphatic heterocycles. The van der Waals surface area contributed by atoms with Crippen molar-refractivity contribution in [1.82, 2.24) is 0 Å². The minimum absolute atomic E-state index is 0. The minimum Gasteiger partial charge on any atom is -0.495 e. The molecule has 1 aliphatic rings. The van der Waals surface area contributed by atoms with Crippen LogP contribution in [0.5, 0.6) is 5.75 Å². The van der Waals surface area contributed by atoms with Crippen molar-refractivity contribution in [3.8, 4) is 5.75 Å². The molecule has 0 spiro atoms. The Morgan fingerprint density at radius 2 is 2.00 bits per heavy atom. The van der Waals surface area contributed by atoms with E-state index < -0.39 is 0 Å². The summed E-state index contributed by atoms with van der Waals surface area (Å²) in [5.74, 6) is 0.595. The smallest absolute Gasteiger partial charge is 0.227 e. The monoisotopic (exact) mass is 360 g/mol. The summed E-state index contributed by atoms with van der Waals surface area (Å²) in [5, 5.41) is 4.99. The molecule has 1 fully saturated rings. The maximum absolute atomic E-state index is 12.5. The molecule has 3 aromatic rings. The molecule has 4 rings (SSSR count). The van der Waals surface area contributed by atoms with Crippen LogP contribution in [0.2, 0.25) is 0 Å². The predicted octanol–water partition coefficient (Wildman–Crippen LogP) is 4.08. The Kier molecular flexibility index (Phi) is 4.88. The molecule has 25 heavy (non-hydrogen) atoms. The van der Waals surface area contributed by atoms with Crippen molar-refractivity contribution in [2.24, 2.45) is 11.7 Å². The number of ether oxygens (including phenoxy) is 1. The molecule has 1 aliphatic carbocycles. The van der Waals surface area contributed by atoms with Gasteiger partial charge in [0.25, 0.3) is 0 Å². The number of amides is 1. The maximum Gasteiger partial charge on any atom is 0.227 e. The van der Waals surface area contributed by atoms with E-state index in [0.717, 1.165) is 41.2 Å². The number of hydrogen-bond acceptors (Lipinski definition) is 4. The van der Waals surface area contributed by atoms with E-state index in [1.54, 1.807) is 7.11 Å². The normalized spacial score (nSPS) is 19.8. The number of para-hydroxylation sites is 1. The molecule has 2 aromatic carbocycles. The molecule has 0 saturated heterocycles. The van der Waals surface area contributed by atoms with E-state index in [4.69, 9.17) is 14.9 Å². The third-order valence-corrected chi connectivity index (χ3v) is 4.80. The number of rotatable bonds is 3. The van der Waals surface area contributed by atoms with Crippen LogP contribution in [-0.2, 0) is 4.79 Å². The van der Waals surface area contributed by atoms with E-state index in [1.165, 1.54) is 0 Å². The van der Waals surface area contributed by atoms with Crippen molar-refractivity contribution < 1.29 is 13.9 Å². The number of methoxy groups -OCH3 is 1. The summed E-state index contributed by atoms with van der Waals surface area (Å²) in [6.45, 7) is 0. The van der Waals surface area contributed by atoms with Gasteiger partial charge in [-0.2, -0.15) is 0 Å².